The predicted octanol–water partition coefficient (Wildman–Crippen LogP) is 2.35. The van der Waals surface area contributed by atoms with Crippen molar-refractivity contribution in [3.63, 3.8) is 0 Å². The molecule has 4 heteroatoms. The lowest BCUT2D eigenvalue weighted by Crippen LogP contribution is -2.03. The number of methoxy groups -OCH3 is 1. The Balaban J connectivity index is 0.00000112. The molecule has 1 aromatic carbocycles. The molecule has 3 nitrogen and oxygen atoms in total. The molecule has 0 bridgehead atoms. The van der Waals surface area contributed by atoms with Crippen molar-refractivity contribution < 1.29 is 9.53 Å². The lowest BCUT2D eigenvalue weighted by molar-refractivity contribution is 0.0600. The number of esters is 1. The van der Waals surface area contributed by atoms with E-state index in [0.717, 1.165) is 5.56 Å². The molecule has 0 heterocycles. The number of hydrogen-bond donors (Lipinski definition) is 1. The van der Waals surface area contributed by atoms with Crippen LogP contribution in [0.1, 0.15) is 34.7 Å². The first-order valence-electron chi connectivity index (χ1n) is 4.69. The molecule has 1 saturated carbocycles. The van der Waals surface area contributed by atoms with Crippen LogP contribution in [0.5, 0.6) is 0 Å². The summed E-state index contributed by atoms with van der Waals surface area (Å²) in [5.41, 5.74) is 8.05. The third-order valence-corrected chi connectivity index (χ3v) is 2.45. The summed E-state index contributed by atoms with van der Waals surface area (Å²) in [6, 6.07) is 5.46. The summed E-state index contributed by atoms with van der Waals surface area (Å²) in [7, 11) is 1.38. The number of carbonyl (C=O) groups is 1. The maximum Gasteiger partial charge on any atom is 0.337 e. The van der Waals surface area contributed by atoms with Gasteiger partial charge in [0, 0.05) is 5.69 Å². The number of anilines is 1. The van der Waals surface area contributed by atoms with Crippen LogP contribution in [0.3, 0.4) is 0 Å². The van der Waals surface area contributed by atoms with Gasteiger partial charge in [-0.25, -0.2) is 4.79 Å². The zero-order valence-electron chi connectivity index (χ0n) is 8.53. The lowest BCUT2D eigenvalue weighted by atomic mass is 10.1. The second-order valence-corrected chi connectivity index (χ2v) is 3.65. The van der Waals surface area contributed by atoms with Gasteiger partial charge in [-0.15, -0.1) is 12.4 Å². The van der Waals surface area contributed by atoms with Crippen LogP contribution in [0.4, 0.5) is 5.69 Å². The van der Waals surface area contributed by atoms with E-state index in [4.69, 9.17) is 5.73 Å². The van der Waals surface area contributed by atoms with Crippen molar-refractivity contribution >= 4 is 24.1 Å². The van der Waals surface area contributed by atoms with Crippen molar-refractivity contribution in [1.82, 2.24) is 0 Å². The number of carbonyl (C=O) groups excluding carboxylic acids is 1. The van der Waals surface area contributed by atoms with Crippen LogP contribution in [0, 0.1) is 0 Å². The first-order valence-corrected chi connectivity index (χ1v) is 4.69. The zero-order chi connectivity index (χ0) is 10.1. The molecule has 1 fully saturated rings. The summed E-state index contributed by atoms with van der Waals surface area (Å²) in [4.78, 5) is 11.3. The van der Waals surface area contributed by atoms with Gasteiger partial charge in [0.1, 0.15) is 0 Å². The molecule has 0 spiro atoms. The second-order valence-electron chi connectivity index (χ2n) is 3.65. The summed E-state index contributed by atoms with van der Waals surface area (Å²) in [6.45, 7) is 0. The van der Waals surface area contributed by atoms with Crippen LogP contribution in [-0.2, 0) is 4.74 Å². The van der Waals surface area contributed by atoms with Crippen molar-refractivity contribution in [2.45, 2.75) is 18.8 Å². The zero-order valence-corrected chi connectivity index (χ0v) is 9.34. The van der Waals surface area contributed by atoms with Gasteiger partial charge in [-0.1, -0.05) is 0 Å². The SMILES string of the molecule is COC(=O)c1cc(N)cc(C2CC2)c1.Cl. The molecule has 1 aromatic rings. The van der Waals surface area contributed by atoms with Gasteiger partial charge in [-0.05, 0) is 42.5 Å². The van der Waals surface area contributed by atoms with Crippen LogP contribution < -0.4 is 5.73 Å². The molecule has 0 aromatic heterocycles. The van der Waals surface area contributed by atoms with Crippen molar-refractivity contribution in [3.05, 3.63) is 29.3 Å². The number of rotatable bonds is 2. The van der Waals surface area contributed by atoms with Gasteiger partial charge in [-0.3, -0.25) is 0 Å². The smallest absolute Gasteiger partial charge is 0.337 e. The minimum atomic E-state index is -0.320. The highest BCUT2D eigenvalue weighted by atomic mass is 35.5. The Bertz CT molecular complexity index is 375. The van der Waals surface area contributed by atoms with Gasteiger partial charge in [-0.2, -0.15) is 0 Å². The Morgan fingerprint density at radius 3 is 2.60 bits per heavy atom. The summed E-state index contributed by atoms with van der Waals surface area (Å²) < 4.78 is 4.65. The molecule has 1 aliphatic rings. The van der Waals surface area contributed by atoms with Gasteiger partial charge < -0.3 is 10.5 Å². The molecular weight excluding hydrogens is 214 g/mol. The number of benzene rings is 1. The highest BCUT2D eigenvalue weighted by Gasteiger charge is 2.24. The van der Waals surface area contributed by atoms with Gasteiger partial charge in [0.15, 0.2) is 0 Å². The first-order chi connectivity index (χ1) is 6.70. The van der Waals surface area contributed by atoms with Crippen molar-refractivity contribution in [3.8, 4) is 0 Å². The number of nitrogens with two attached hydrogens (primary N) is 1. The monoisotopic (exact) mass is 227 g/mol. The minimum absolute atomic E-state index is 0. The lowest BCUT2D eigenvalue weighted by Gasteiger charge is -2.04. The molecule has 1 aliphatic carbocycles. The van der Waals surface area contributed by atoms with E-state index >= 15 is 0 Å². The normalized spacial score (nSPS) is 14.2. The fourth-order valence-corrected chi connectivity index (χ4v) is 1.56. The van der Waals surface area contributed by atoms with Crippen LogP contribution >= 0.6 is 12.4 Å². The van der Waals surface area contributed by atoms with Gasteiger partial charge in [0.25, 0.3) is 0 Å². The van der Waals surface area contributed by atoms with Crippen LogP contribution in [-0.4, -0.2) is 13.1 Å². The number of halogens is 1. The molecule has 15 heavy (non-hydrogen) atoms. The van der Waals surface area contributed by atoms with Crippen molar-refractivity contribution in [2.24, 2.45) is 0 Å². The summed E-state index contributed by atoms with van der Waals surface area (Å²) >= 11 is 0. The Kier molecular flexibility index (Phi) is 3.58. The Morgan fingerprint density at radius 2 is 2.07 bits per heavy atom. The summed E-state index contributed by atoms with van der Waals surface area (Å²) in [5, 5.41) is 0. The van der Waals surface area contributed by atoms with E-state index in [9.17, 15) is 4.79 Å². The van der Waals surface area contributed by atoms with E-state index in [1.807, 2.05) is 12.1 Å². The van der Waals surface area contributed by atoms with Crippen LogP contribution in [0.2, 0.25) is 0 Å². The van der Waals surface area contributed by atoms with E-state index in [2.05, 4.69) is 4.74 Å². The second kappa shape index (κ2) is 4.53. The molecule has 0 unspecified atom stereocenters. The van der Waals surface area contributed by atoms with E-state index in [1.54, 1.807) is 6.07 Å². The van der Waals surface area contributed by atoms with E-state index in [0.29, 0.717) is 17.2 Å². The number of hydrogen-bond acceptors (Lipinski definition) is 3. The van der Waals surface area contributed by atoms with E-state index in [1.165, 1.54) is 20.0 Å². The number of ether oxygens (including phenoxy) is 1. The third-order valence-electron chi connectivity index (χ3n) is 2.45. The Hall–Kier alpha value is -1.22. The quantitative estimate of drug-likeness (QED) is 0.623. The summed E-state index contributed by atoms with van der Waals surface area (Å²) in [5.74, 6) is 0.279. The van der Waals surface area contributed by atoms with Gasteiger partial charge >= 0.3 is 5.97 Å². The Morgan fingerprint density at radius 1 is 1.40 bits per heavy atom. The Labute approximate surface area is 95.0 Å². The first kappa shape index (κ1) is 11.9. The molecule has 2 rings (SSSR count). The average molecular weight is 228 g/mol. The highest BCUT2D eigenvalue weighted by Crippen LogP contribution is 2.40. The largest absolute Gasteiger partial charge is 0.465 e. The molecule has 0 aliphatic heterocycles. The molecule has 0 amide bonds. The molecule has 0 atom stereocenters. The molecule has 0 radical (unpaired) electrons. The minimum Gasteiger partial charge on any atom is -0.465 e. The maximum atomic E-state index is 11.3. The van der Waals surface area contributed by atoms with Crippen LogP contribution in [0.15, 0.2) is 18.2 Å². The third kappa shape index (κ3) is 2.63. The molecule has 2 N–H and O–H groups in total. The average Bonchev–Trinajstić information content (AvgIpc) is 2.98. The molecule has 82 valence electrons. The fourth-order valence-electron chi connectivity index (χ4n) is 1.56. The van der Waals surface area contributed by atoms with Crippen LogP contribution in [0.25, 0.3) is 0 Å². The van der Waals surface area contributed by atoms with E-state index in [-0.39, 0.29) is 18.4 Å². The standard InChI is InChI=1S/C11H13NO2.ClH/c1-14-11(13)9-4-8(7-2-3-7)5-10(12)6-9;/h4-7H,2-3,12H2,1H3;1H. The fraction of sp³-hybridized carbons (Fsp3) is 0.364. The highest BCUT2D eigenvalue weighted by molar-refractivity contribution is 5.90. The van der Waals surface area contributed by atoms with Crippen molar-refractivity contribution in [1.29, 1.82) is 0 Å². The topological polar surface area (TPSA) is 52.3 Å². The predicted molar refractivity (Wildman–Crippen MR) is 61.4 cm³/mol. The number of nitrogen functional groups attached to an aromatic ring is 1. The van der Waals surface area contributed by atoms with Gasteiger partial charge in [0.2, 0.25) is 0 Å². The molecular formula is C11H14ClNO2. The molecule has 0 saturated heterocycles. The van der Waals surface area contributed by atoms with Crippen molar-refractivity contribution in [2.75, 3.05) is 12.8 Å². The summed E-state index contributed by atoms with van der Waals surface area (Å²) in [6.07, 6.45) is 2.40. The maximum absolute atomic E-state index is 11.3. The van der Waals surface area contributed by atoms with E-state index < -0.39 is 0 Å². The van der Waals surface area contributed by atoms with Gasteiger partial charge in [0.05, 0.1) is 12.7 Å².